The zero-order valence-corrected chi connectivity index (χ0v) is 9.56. The first-order valence-electron chi connectivity index (χ1n) is 5.09. The lowest BCUT2D eigenvalue weighted by molar-refractivity contribution is -0.144. The van der Waals surface area contributed by atoms with E-state index >= 15 is 0 Å². The van der Waals surface area contributed by atoms with Gasteiger partial charge in [0.05, 0.1) is 13.2 Å². The van der Waals surface area contributed by atoms with Crippen LogP contribution in [0.5, 0.6) is 0 Å². The van der Waals surface area contributed by atoms with E-state index in [9.17, 15) is 9.59 Å². The van der Waals surface area contributed by atoms with Crippen LogP contribution in [0.1, 0.15) is 0 Å². The van der Waals surface area contributed by atoms with Crippen molar-refractivity contribution >= 4 is 11.9 Å². The third-order valence-corrected chi connectivity index (χ3v) is 1.61. The molecule has 0 amide bonds. The second-order valence-electron chi connectivity index (χ2n) is 3.27. The first-order chi connectivity index (χ1) is 8.49. The van der Waals surface area contributed by atoms with Gasteiger partial charge >= 0.3 is 11.9 Å². The minimum absolute atomic E-state index is 0.391. The summed E-state index contributed by atoms with van der Waals surface area (Å²) < 4.78 is 8.92. The maximum atomic E-state index is 11.0. The van der Waals surface area contributed by atoms with Crippen LogP contribution in [0.2, 0.25) is 0 Å². The normalized spacial score (nSPS) is 14.2. The van der Waals surface area contributed by atoms with Crippen LogP contribution in [-0.4, -0.2) is 71.0 Å². The first-order valence-corrected chi connectivity index (χ1v) is 5.09. The van der Waals surface area contributed by atoms with Crippen molar-refractivity contribution in [2.24, 2.45) is 0 Å². The molecule has 0 saturated heterocycles. The first kappa shape index (κ1) is 16.5. The summed E-state index contributed by atoms with van der Waals surface area (Å²) in [5, 5.41) is 34.6. The van der Waals surface area contributed by atoms with Gasteiger partial charge < -0.3 is 29.9 Å². The van der Waals surface area contributed by atoms with E-state index in [0.717, 1.165) is 12.2 Å². The van der Waals surface area contributed by atoms with Crippen molar-refractivity contribution in [2.45, 2.75) is 12.2 Å². The van der Waals surface area contributed by atoms with Crippen molar-refractivity contribution in [2.75, 3.05) is 26.4 Å². The summed E-state index contributed by atoms with van der Waals surface area (Å²) in [5.41, 5.74) is 0. The maximum absolute atomic E-state index is 11.0. The molecule has 4 N–H and O–H groups in total. The van der Waals surface area contributed by atoms with Crippen LogP contribution in [0, 0.1) is 0 Å². The lowest BCUT2D eigenvalue weighted by Crippen LogP contribution is -2.22. The molecule has 0 fully saturated rings. The smallest absolute Gasteiger partial charge is 0.331 e. The SMILES string of the molecule is O=C(C=CC(=O)OCC(O)CO)OCC(O)CO. The van der Waals surface area contributed by atoms with Gasteiger partial charge in [-0.25, -0.2) is 9.59 Å². The number of carbonyl (C=O) groups excluding carboxylic acids is 2. The van der Waals surface area contributed by atoms with Gasteiger partial charge in [0.2, 0.25) is 0 Å². The van der Waals surface area contributed by atoms with Gasteiger partial charge in [0, 0.05) is 12.2 Å². The van der Waals surface area contributed by atoms with E-state index in [2.05, 4.69) is 9.47 Å². The Kier molecular flexibility index (Phi) is 8.76. The molecule has 0 aliphatic heterocycles. The van der Waals surface area contributed by atoms with E-state index in [1.54, 1.807) is 0 Å². The van der Waals surface area contributed by atoms with Crippen molar-refractivity contribution in [3.05, 3.63) is 12.2 Å². The van der Waals surface area contributed by atoms with Gasteiger partial charge in [-0.1, -0.05) is 0 Å². The lowest BCUT2D eigenvalue weighted by atomic mass is 10.4. The Morgan fingerprint density at radius 1 is 0.889 bits per heavy atom. The molecule has 0 aromatic carbocycles. The summed E-state index contributed by atoms with van der Waals surface area (Å²) in [6.45, 7) is -1.87. The fourth-order valence-corrected chi connectivity index (χ4v) is 0.694. The third-order valence-electron chi connectivity index (χ3n) is 1.61. The summed E-state index contributed by atoms with van der Waals surface area (Å²) in [4.78, 5) is 21.9. The minimum Gasteiger partial charge on any atom is -0.460 e. The fraction of sp³-hybridized carbons (Fsp3) is 0.600. The number of rotatable bonds is 8. The maximum Gasteiger partial charge on any atom is 0.331 e. The van der Waals surface area contributed by atoms with Crippen molar-refractivity contribution < 1.29 is 39.5 Å². The standard InChI is InChI=1S/C10H16O8/c11-3-7(13)5-17-9(15)1-2-10(16)18-6-8(14)4-12/h1-2,7-8,11-14H,3-6H2. The Labute approximate surface area is 103 Å². The van der Waals surface area contributed by atoms with E-state index in [0.29, 0.717) is 0 Å². The highest BCUT2D eigenvalue weighted by Gasteiger charge is 2.07. The molecule has 104 valence electrons. The molecule has 0 aromatic heterocycles. The van der Waals surface area contributed by atoms with Gasteiger partial charge in [0.25, 0.3) is 0 Å². The van der Waals surface area contributed by atoms with Crippen LogP contribution in [0.15, 0.2) is 12.2 Å². The highest BCUT2D eigenvalue weighted by atomic mass is 16.5. The number of hydrogen-bond acceptors (Lipinski definition) is 8. The van der Waals surface area contributed by atoms with Crippen LogP contribution < -0.4 is 0 Å². The Bertz CT molecular complexity index is 260. The van der Waals surface area contributed by atoms with E-state index in [1.165, 1.54) is 0 Å². The molecule has 0 heterocycles. The Morgan fingerprint density at radius 3 is 1.50 bits per heavy atom. The van der Waals surface area contributed by atoms with Gasteiger partial charge in [0.1, 0.15) is 25.4 Å². The van der Waals surface area contributed by atoms with E-state index in [4.69, 9.17) is 20.4 Å². The summed E-state index contributed by atoms with van der Waals surface area (Å²) >= 11 is 0. The van der Waals surface area contributed by atoms with Crippen LogP contribution in [0.3, 0.4) is 0 Å². The second kappa shape index (κ2) is 9.54. The minimum atomic E-state index is -1.17. The summed E-state index contributed by atoms with van der Waals surface area (Å²) in [5.74, 6) is -1.77. The van der Waals surface area contributed by atoms with Crippen molar-refractivity contribution in [3.8, 4) is 0 Å². The predicted octanol–water partition coefficient (Wildman–Crippen LogP) is -2.66. The van der Waals surface area contributed by atoms with Crippen LogP contribution in [0.4, 0.5) is 0 Å². The molecule has 2 unspecified atom stereocenters. The average molecular weight is 264 g/mol. The highest BCUT2D eigenvalue weighted by molar-refractivity contribution is 5.91. The molecule has 0 aromatic rings. The fourth-order valence-electron chi connectivity index (χ4n) is 0.694. The predicted molar refractivity (Wildman–Crippen MR) is 57.2 cm³/mol. The van der Waals surface area contributed by atoms with Crippen LogP contribution in [0.25, 0.3) is 0 Å². The van der Waals surface area contributed by atoms with Crippen molar-refractivity contribution in [3.63, 3.8) is 0 Å². The van der Waals surface area contributed by atoms with E-state index in [-0.39, 0.29) is 0 Å². The zero-order chi connectivity index (χ0) is 14.0. The topological polar surface area (TPSA) is 134 Å². The molecule has 18 heavy (non-hydrogen) atoms. The Balaban J connectivity index is 3.85. The molecule has 0 radical (unpaired) electrons. The number of aliphatic hydroxyl groups is 4. The monoisotopic (exact) mass is 264 g/mol. The van der Waals surface area contributed by atoms with Crippen LogP contribution in [-0.2, 0) is 19.1 Å². The van der Waals surface area contributed by atoms with Crippen molar-refractivity contribution in [1.82, 2.24) is 0 Å². The molecule has 8 nitrogen and oxygen atoms in total. The summed E-state index contributed by atoms with van der Waals surface area (Å²) in [6, 6.07) is 0. The third kappa shape index (κ3) is 8.65. The number of carbonyl (C=O) groups is 2. The molecular weight excluding hydrogens is 248 g/mol. The molecule has 0 spiro atoms. The number of aliphatic hydroxyl groups excluding tert-OH is 4. The van der Waals surface area contributed by atoms with Gasteiger partial charge in [-0.15, -0.1) is 0 Å². The average Bonchev–Trinajstić information content (AvgIpc) is 2.39. The summed E-state index contributed by atoms with van der Waals surface area (Å²) in [7, 11) is 0. The molecule has 0 saturated carbocycles. The molecule has 2 atom stereocenters. The number of hydrogen-bond donors (Lipinski definition) is 4. The largest absolute Gasteiger partial charge is 0.460 e. The lowest BCUT2D eigenvalue weighted by Gasteiger charge is -2.07. The molecule has 0 bridgehead atoms. The van der Waals surface area contributed by atoms with Crippen molar-refractivity contribution in [1.29, 1.82) is 0 Å². The van der Waals surface area contributed by atoms with Crippen LogP contribution >= 0.6 is 0 Å². The van der Waals surface area contributed by atoms with Gasteiger partial charge in [-0.05, 0) is 0 Å². The molecule has 8 heteroatoms. The Morgan fingerprint density at radius 2 is 1.22 bits per heavy atom. The number of ether oxygens (including phenoxy) is 2. The molecular formula is C10H16O8. The summed E-state index contributed by atoms with van der Waals surface area (Å²) in [6.07, 6.45) is -0.793. The molecule has 0 aliphatic carbocycles. The van der Waals surface area contributed by atoms with Gasteiger partial charge in [-0.3, -0.25) is 0 Å². The zero-order valence-electron chi connectivity index (χ0n) is 9.56. The Hall–Kier alpha value is -1.48. The van der Waals surface area contributed by atoms with E-state index < -0.39 is 50.6 Å². The quantitative estimate of drug-likeness (QED) is 0.275. The second-order valence-corrected chi connectivity index (χ2v) is 3.27. The van der Waals surface area contributed by atoms with E-state index in [1.807, 2.05) is 0 Å². The van der Waals surface area contributed by atoms with Gasteiger partial charge in [-0.2, -0.15) is 0 Å². The highest BCUT2D eigenvalue weighted by Crippen LogP contribution is 1.90. The number of esters is 2. The molecule has 0 aliphatic rings. The molecule has 0 rings (SSSR count). The van der Waals surface area contributed by atoms with Gasteiger partial charge in [0.15, 0.2) is 0 Å².